The molecule has 0 aromatic rings. The van der Waals surface area contributed by atoms with Gasteiger partial charge >= 0.3 is 0 Å². The minimum absolute atomic E-state index is 0.230. The van der Waals surface area contributed by atoms with Crippen molar-refractivity contribution < 1.29 is 9.53 Å². The Morgan fingerprint density at radius 3 is 2.94 bits per heavy atom. The Morgan fingerprint density at radius 1 is 1.35 bits per heavy atom. The summed E-state index contributed by atoms with van der Waals surface area (Å²) >= 11 is 0. The summed E-state index contributed by atoms with van der Waals surface area (Å²) in [5.41, 5.74) is 2.61. The van der Waals surface area contributed by atoms with Gasteiger partial charge in [-0.2, -0.15) is 0 Å². The second-order valence-electron chi connectivity index (χ2n) is 5.74. The molecule has 0 aromatic heterocycles. The Labute approximate surface area is 103 Å². The lowest BCUT2D eigenvalue weighted by Gasteiger charge is -2.32. The fourth-order valence-corrected chi connectivity index (χ4v) is 3.71. The molecule has 1 saturated carbocycles. The van der Waals surface area contributed by atoms with E-state index in [1.807, 2.05) is 0 Å². The molecule has 3 rings (SSSR count). The molecule has 0 saturated heterocycles. The van der Waals surface area contributed by atoms with E-state index >= 15 is 0 Å². The minimum atomic E-state index is 0.230. The van der Waals surface area contributed by atoms with Gasteiger partial charge in [0.2, 0.25) is 5.78 Å². The number of carbonyl (C=O) groups excluding carboxylic acids is 1. The number of ketones is 1. The van der Waals surface area contributed by atoms with E-state index in [2.05, 4.69) is 13.5 Å². The summed E-state index contributed by atoms with van der Waals surface area (Å²) in [5.74, 6) is 2.35. The lowest BCUT2D eigenvalue weighted by Crippen LogP contribution is -2.27. The molecule has 1 heterocycles. The van der Waals surface area contributed by atoms with Crippen LogP contribution in [0, 0.1) is 17.8 Å². The Morgan fingerprint density at radius 2 is 2.18 bits per heavy atom. The quantitative estimate of drug-likeness (QED) is 0.649. The van der Waals surface area contributed by atoms with E-state index in [0.717, 1.165) is 44.5 Å². The highest BCUT2D eigenvalue weighted by Gasteiger charge is 2.46. The molecule has 1 aliphatic heterocycles. The summed E-state index contributed by atoms with van der Waals surface area (Å²) < 4.78 is 5.61. The molecule has 0 radical (unpaired) electrons. The molecule has 2 aliphatic carbocycles. The molecule has 0 aromatic carbocycles. The number of allylic oxidation sites excluding steroid dienone is 3. The van der Waals surface area contributed by atoms with Gasteiger partial charge in [-0.15, -0.1) is 0 Å². The van der Waals surface area contributed by atoms with Gasteiger partial charge < -0.3 is 4.74 Å². The highest BCUT2D eigenvalue weighted by atomic mass is 16.5. The normalized spacial score (nSPS) is 36.3. The maximum absolute atomic E-state index is 12.2. The van der Waals surface area contributed by atoms with Crippen molar-refractivity contribution in [2.75, 3.05) is 6.61 Å². The van der Waals surface area contributed by atoms with Gasteiger partial charge in [0.1, 0.15) is 0 Å². The lowest BCUT2D eigenvalue weighted by atomic mass is 9.71. The second kappa shape index (κ2) is 4.01. The van der Waals surface area contributed by atoms with Crippen LogP contribution < -0.4 is 0 Å². The molecule has 17 heavy (non-hydrogen) atoms. The second-order valence-corrected chi connectivity index (χ2v) is 5.74. The van der Waals surface area contributed by atoms with Gasteiger partial charge in [-0.05, 0) is 56.4 Å². The van der Waals surface area contributed by atoms with Crippen molar-refractivity contribution in [1.29, 1.82) is 0 Å². The lowest BCUT2D eigenvalue weighted by molar-refractivity contribution is -0.123. The molecule has 0 amide bonds. The number of Topliss-reactive ketones (excluding diaryl/α,β-unsaturated/α-hetero) is 1. The van der Waals surface area contributed by atoms with E-state index < -0.39 is 0 Å². The first-order valence-corrected chi connectivity index (χ1v) is 6.74. The topological polar surface area (TPSA) is 26.3 Å². The fraction of sp³-hybridized carbons (Fsp3) is 0.667. The van der Waals surface area contributed by atoms with Crippen molar-refractivity contribution in [1.82, 2.24) is 0 Å². The molecular weight excluding hydrogens is 212 g/mol. The summed E-state index contributed by atoms with van der Waals surface area (Å²) in [6.07, 6.45) is 5.42. The summed E-state index contributed by atoms with van der Waals surface area (Å²) in [7, 11) is 0. The van der Waals surface area contributed by atoms with Gasteiger partial charge in [0.15, 0.2) is 5.76 Å². The van der Waals surface area contributed by atoms with Crippen molar-refractivity contribution in [3.05, 3.63) is 23.5 Å². The number of ether oxygens (including phenoxy) is 1. The highest BCUT2D eigenvalue weighted by Crippen LogP contribution is 2.49. The van der Waals surface area contributed by atoms with E-state index in [1.54, 1.807) is 0 Å². The van der Waals surface area contributed by atoms with Crippen LogP contribution in [0.5, 0.6) is 0 Å². The number of carbonyl (C=O) groups is 1. The van der Waals surface area contributed by atoms with Crippen molar-refractivity contribution in [3.8, 4) is 0 Å². The van der Waals surface area contributed by atoms with Crippen molar-refractivity contribution in [2.45, 2.75) is 39.0 Å². The van der Waals surface area contributed by atoms with E-state index in [9.17, 15) is 4.79 Å². The monoisotopic (exact) mass is 232 g/mol. The first-order chi connectivity index (χ1) is 8.18. The zero-order chi connectivity index (χ0) is 12.0. The van der Waals surface area contributed by atoms with E-state index in [0.29, 0.717) is 17.6 Å². The van der Waals surface area contributed by atoms with Crippen molar-refractivity contribution in [3.63, 3.8) is 0 Å². The van der Waals surface area contributed by atoms with Crippen LogP contribution >= 0.6 is 0 Å². The average molecular weight is 232 g/mol. The highest BCUT2D eigenvalue weighted by molar-refractivity contribution is 5.99. The zero-order valence-electron chi connectivity index (χ0n) is 10.5. The van der Waals surface area contributed by atoms with E-state index in [-0.39, 0.29) is 5.92 Å². The molecule has 3 atom stereocenters. The molecule has 2 nitrogen and oxygen atoms in total. The van der Waals surface area contributed by atoms with Crippen molar-refractivity contribution in [2.24, 2.45) is 17.8 Å². The largest absolute Gasteiger partial charge is 0.490 e. The smallest absolute Gasteiger partial charge is 0.200 e. The average Bonchev–Trinajstić information content (AvgIpc) is 2.64. The minimum Gasteiger partial charge on any atom is -0.490 e. The van der Waals surface area contributed by atoms with Crippen LogP contribution in [-0.4, -0.2) is 12.4 Å². The molecule has 3 aliphatic rings. The van der Waals surface area contributed by atoms with E-state index in [1.165, 1.54) is 11.1 Å². The third-order valence-corrected chi connectivity index (χ3v) is 4.68. The Hall–Kier alpha value is -1.05. The first kappa shape index (κ1) is 11.1. The third-order valence-electron chi connectivity index (χ3n) is 4.68. The number of rotatable bonds is 1. The molecule has 0 bridgehead atoms. The van der Waals surface area contributed by atoms with Crippen LogP contribution in [0.3, 0.4) is 0 Å². The summed E-state index contributed by atoms with van der Waals surface area (Å²) in [5, 5.41) is 0. The van der Waals surface area contributed by atoms with Crippen LogP contribution in [-0.2, 0) is 9.53 Å². The molecule has 92 valence electrons. The fourth-order valence-electron chi connectivity index (χ4n) is 3.71. The van der Waals surface area contributed by atoms with Crippen LogP contribution in [0.2, 0.25) is 0 Å². The molecule has 0 unspecified atom stereocenters. The predicted molar refractivity (Wildman–Crippen MR) is 66.4 cm³/mol. The van der Waals surface area contributed by atoms with E-state index in [4.69, 9.17) is 4.74 Å². The molecule has 0 spiro atoms. The molecular formula is C15H20O2. The van der Waals surface area contributed by atoms with Gasteiger partial charge in [-0.1, -0.05) is 12.2 Å². The number of fused-ring (bicyclic) bond motifs is 2. The summed E-state index contributed by atoms with van der Waals surface area (Å²) in [6, 6.07) is 0. The third kappa shape index (κ3) is 1.65. The maximum Gasteiger partial charge on any atom is 0.200 e. The maximum atomic E-state index is 12.2. The van der Waals surface area contributed by atoms with Gasteiger partial charge in [0, 0.05) is 5.92 Å². The van der Waals surface area contributed by atoms with Crippen LogP contribution in [0.4, 0.5) is 0 Å². The Kier molecular flexibility index (Phi) is 2.61. The number of hydrogen-bond donors (Lipinski definition) is 0. The molecule has 0 N–H and O–H groups in total. The first-order valence-electron chi connectivity index (χ1n) is 6.74. The summed E-state index contributed by atoms with van der Waals surface area (Å²) in [6.45, 7) is 6.93. The van der Waals surface area contributed by atoms with Gasteiger partial charge in [-0.3, -0.25) is 4.79 Å². The summed E-state index contributed by atoms with van der Waals surface area (Å²) in [4.78, 5) is 12.2. The van der Waals surface area contributed by atoms with Crippen LogP contribution in [0.25, 0.3) is 0 Å². The predicted octanol–water partition coefficient (Wildman–Crippen LogP) is 3.24. The van der Waals surface area contributed by atoms with Crippen LogP contribution in [0.1, 0.15) is 39.0 Å². The zero-order valence-corrected chi connectivity index (χ0v) is 10.5. The Balaban J connectivity index is 1.88. The number of hydrogen-bond acceptors (Lipinski definition) is 2. The van der Waals surface area contributed by atoms with Crippen LogP contribution in [0.15, 0.2) is 23.5 Å². The van der Waals surface area contributed by atoms with Gasteiger partial charge in [0.25, 0.3) is 0 Å². The standard InChI is InChI=1S/C15H20O2/c1-9(2)10-5-6-11-13(8-10)12-4-3-7-17-15(12)14(11)16/h10-11,13H,1,3-8H2,2H3/t10-,11-,13+/m0/s1. The molecule has 2 heteroatoms. The SMILES string of the molecule is C=C(C)[C@H]1CC[C@@H]2C(=O)C3=C(CCCO3)[C@@H]2C1. The van der Waals surface area contributed by atoms with Crippen molar-refractivity contribution >= 4 is 5.78 Å². The Bertz CT molecular complexity index is 405. The van der Waals surface area contributed by atoms with Gasteiger partial charge in [-0.25, -0.2) is 0 Å². The van der Waals surface area contributed by atoms with Gasteiger partial charge in [0.05, 0.1) is 6.61 Å². The molecule has 1 fully saturated rings.